The van der Waals surface area contributed by atoms with Crippen LogP contribution in [0.3, 0.4) is 0 Å². The maximum Gasteiger partial charge on any atom is 0.0458 e. The summed E-state index contributed by atoms with van der Waals surface area (Å²) in [6.07, 6.45) is 2.03. The summed E-state index contributed by atoms with van der Waals surface area (Å²) in [5.74, 6) is 0. The Morgan fingerprint density at radius 3 is 3.00 bits per heavy atom. The molecule has 0 radical (unpaired) electrons. The van der Waals surface area contributed by atoms with Gasteiger partial charge in [0.15, 0.2) is 0 Å². The molecule has 0 amide bonds. The van der Waals surface area contributed by atoms with Gasteiger partial charge < -0.3 is 10.7 Å². The molecule has 0 saturated carbocycles. The molecule has 1 aromatic carbocycles. The number of para-hydroxylation sites is 1. The van der Waals surface area contributed by atoms with Crippen molar-refractivity contribution in [3.8, 4) is 0 Å². The Morgan fingerprint density at radius 2 is 2.08 bits per heavy atom. The van der Waals surface area contributed by atoms with Crippen LogP contribution in [-0.2, 0) is 12.8 Å². The van der Waals surface area contributed by atoms with Crippen LogP contribution in [0.1, 0.15) is 11.3 Å². The van der Waals surface area contributed by atoms with Crippen molar-refractivity contribution >= 4 is 10.9 Å². The SMILES string of the molecule is N[C@H]1Cc2[nH]c3ccccc3c2C1. The number of aromatic amines is 1. The molecule has 0 spiro atoms. The van der Waals surface area contributed by atoms with E-state index in [1.165, 1.54) is 22.2 Å². The van der Waals surface area contributed by atoms with Gasteiger partial charge in [-0.25, -0.2) is 0 Å². The van der Waals surface area contributed by atoms with E-state index in [-0.39, 0.29) is 0 Å². The number of nitrogens with two attached hydrogens (primary N) is 1. The number of hydrogen-bond acceptors (Lipinski definition) is 1. The highest BCUT2D eigenvalue weighted by atomic mass is 14.8. The fourth-order valence-electron chi connectivity index (χ4n) is 2.26. The fraction of sp³-hybridized carbons (Fsp3) is 0.273. The summed E-state index contributed by atoms with van der Waals surface area (Å²) in [6, 6.07) is 8.77. The first-order valence-electron chi connectivity index (χ1n) is 4.68. The van der Waals surface area contributed by atoms with Crippen molar-refractivity contribution in [2.24, 2.45) is 5.73 Å². The molecule has 2 nitrogen and oxygen atoms in total. The summed E-state index contributed by atoms with van der Waals surface area (Å²) in [7, 11) is 0. The zero-order valence-corrected chi connectivity index (χ0v) is 7.38. The number of H-pyrrole nitrogens is 1. The molecule has 0 saturated heterocycles. The maximum absolute atomic E-state index is 5.90. The standard InChI is InChI=1S/C11H12N2/c12-7-5-9-8-3-1-2-4-10(8)13-11(9)6-7/h1-4,7,13H,5-6,12H2/t7-/m1/s1. The first-order chi connectivity index (χ1) is 6.34. The molecule has 1 atom stereocenters. The van der Waals surface area contributed by atoms with Gasteiger partial charge in [-0.05, 0) is 18.1 Å². The van der Waals surface area contributed by atoms with Gasteiger partial charge >= 0.3 is 0 Å². The van der Waals surface area contributed by atoms with Crippen LogP contribution in [0.2, 0.25) is 0 Å². The van der Waals surface area contributed by atoms with E-state index in [0.29, 0.717) is 6.04 Å². The minimum Gasteiger partial charge on any atom is -0.358 e. The van der Waals surface area contributed by atoms with Crippen LogP contribution in [0.5, 0.6) is 0 Å². The number of hydrogen-bond donors (Lipinski definition) is 2. The normalized spacial score (nSPS) is 20.8. The average molecular weight is 172 g/mol. The minimum absolute atomic E-state index is 0.325. The molecule has 3 rings (SSSR count). The van der Waals surface area contributed by atoms with E-state index in [1.54, 1.807) is 0 Å². The molecule has 66 valence electrons. The Hall–Kier alpha value is -1.28. The Bertz CT molecular complexity index is 456. The van der Waals surface area contributed by atoms with Crippen LogP contribution < -0.4 is 5.73 Å². The average Bonchev–Trinajstić information content (AvgIpc) is 2.60. The molecule has 1 heterocycles. The molecule has 0 unspecified atom stereocenters. The first kappa shape index (κ1) is 7.15. The number of fused-ring (bicyclic) bond motifs is 3. The Morgan fingerprint density at radius 1 is 1.23 bits per heavy atom. The van der Waals surface area contributed by atoms with Crippen molar-refractivity contribution in [1.82, 2.24) is 4.98 Å². The van der Waals surface area contributed by atoms with Gasteiger partial charge in [0.2, 0.25) is 0 Å². The van der Waals surface area contributed by atoms with Gasteiger partial charge in [0.05, 0.1) is 0 Å². The lowest BCUT2D eigenvalue weighted by atomic mass is 10.1. The van der Waals surface area contributed by atoms with E-state index < -0.39 is 0 Å². The molecule has 0 bridgehead atoms. The second-order valence-electron chi connectivity index (χ2n) is 3.80. The Kier molecular flexibility index (Phi) is 1.30. The summed E-state index contributed by atoms with van der Waals surface area (Å²) in [6.45, 7) is 0. The number of rotatable bonds is 0. The Labute approximate surface area is 76.8 Å². The molecule has 2 heteroatoms. The van der Waals surface area contributed by atoms with Gasteiger partial charge in [0.25, 0.3) is 0 Å². The van der Waals surface area contributed by atoms with Crippen molar-refractivity contribution in [3.05, 3.63) is 35.5 Å². The summed E-state index contributed by atoms with van der Waals surface area (Å²) < 4.78 is 0. The summed E-state index contributed by atoms with van der Waals surface area (Å²) >= 11 is 0. The molecule has 0 fully saturated rings. The van der Waals surface area contributed by atoms with Gasteiger partial charge in [-0.15, -0.1) is 0 Å². The molecule has 2 aromatic rings. The van der Waals surface area contributed by atoms with E-state index in [2.05, 4.69) is 29.2 Å². The fourth-order valence-corrected chi connectivity index (χ4v) is 2.26. The lowest BCUT2D eigenvalue weighted by Gasteiger charge is -1.98. The molecule has 1 aliphatic carbocycles. The highest BCUT2D eigenvalue weighted by Crippen LogP contribution is 2.28. The minimum atomic E-state index is 0.325. The van der Waals surface area contributed by atoms with Gasteiger partial charge in [-0.3, -0.25) is 0 Å². The number of benzene rings is 1. The van der Waals surface area contributed by atoms with E-state index in [1.807, 2.05) is 0 Å². The zero-order valence-electron chi connectivity index (χ0n) is 7.38. The predicted octanol–water partition coefficient (Wildman–Crippen LogP) is 1.59. The monoisotopic (exact) mass is 172 g/mol. The maximum atomic E-state index is 5.90. The number of aromatic nitrogens is 1. The van der Waals surface area contributed by atoms with Gasteiger partial charge in [0, 0.05) is 29.1 Å². The third-order valence-corrected chi connectivity index (χ3v) is 2.83. The predicted molar refractivity (Wildman–Crippen MR) is 53.7 cm³/mol. The quantitative estimate of drug-likeness (QED) is 0.622. The summed E-state index contributed by atoms with van der Waals surface area (Å²) in [5.41, 5.74) is 9.92. The molecule has 3 N–H and O–H groups in total. The smallest absolute Gasteiger partial charge is 0.0458 e. The van der Waals surface area contributed by atoms with Crippen LogP contribution in [0.25, 0.3) is 10.9 Å². The molecular formula is C11H12N2. The number of nitrogens with one attached hydrogen (secondary N) is 1. The molecular weight excluding hydrogens is 160 g/mol. The van der Waals surface area contributed by atoms with Crippen LogP contribution in [-0.4, -0.2) is 11.0 Å². The lowest BCUT2D eigenvalue weighted by Crippen LogP contribution is -2.19. The van der Waals surface area contributed by atoms with Crippen LogP contribution in [0.4, 0.5) is 0 Å². The second-order valence-corrected chi connectivity index (χ2v) is 3.80. The largest absolute Gasteiger partial charge is 0.358 e. The van der Waals surface area contributed by atoms with Crippen molar-refractivity contribution in [3.63, 3.8) is 0 Å². The van der Waals surface area contributed by atoms with Crippen LogP contribution in [0, 0.1) is 0 Å². The topological polar surface area (TPSA) is 41.8 Å². The van der Waals surface area contributed by atoms with Crippen molar-refractivity contribution in [2.45, 2.75) is 18.9 Å². The van der Waals surface area contributed by atoms with Crippen molar-refractivity contribution < 1.29 is 0 Å². The van der Waals surface area contributed by atoms with Crippen molar-refractivity contribution in [2.75, 3.05) is 0 Å². The van der Waals surface area contributed by atoms with E-state index >= 15 is 0 Å². The molecule has 0 aliphatic heterocycles. The van der Waals surface area contributed by atoms with E-state index in [9.17, 15) is 0 Å². The van der Waals surface area contributed by atoms with Gasteiger partial charge in [0.1, 0.15) is 0 Å². The van der Waals surface area contributed by atoms with Crippen LogP contribution in [0.15, 0.2) is 24.3 Å². The second kappa shape index (κ2) is 2.36. The summed E-state index contributed by atoms with van der Waals surface area (Å²) in [5, 5.41) is 1.35. The molecule has 1 aliphatic rings. The molecule has 1 aromatic heterocycles. The third kappa shape index (κ3) is 0.923. The zero-order chi connectivity index (χ0) is 8.84. The van der Waals surface area contributed by atoms with Gasteiger partial charge in [-0.1, -0.05) is 18.2 Å². The first-order valence-corrected chi connectivity index (χ1v) is 4.68. The van der Waals surface area contributed by atoms with Crippen molar-refractivity contribution in [1.29, 1.82) is 0 Å². The van der Waals surface area contributed by atoms with Gasteiger partial charge in [-0.2, -0.15) is 0 Å². The highest BCUT2D eigenvalue weighted by Gasteiger charge is 2.21. The highest BCUT2D eigenvalue weighted by molar-refractivity contribution is 5.85. The Balaban J connectivity index is 2.31. The van der Waals surface area contributed by atoms with Crippen LogP contribution >= 0.6 is 0 Å². The van der Waals surface area contributed by atoms with E-state index in [0.717, 1.165) is 12.8 Å². The molecule has 13 heavy (non-hydrogen) atoms. The van der Waals surface area contributed by atoms with E-state index in [4.69, 9.17) is 5.73 Å². The lowest BCUT2D eigenvalue weighted by molar-refractivity contribution is 0.716. The summed E-state index contributed by atoms with van der Waals surface area (Å²) in [4.78, 5) is 3.43. The third-order valence-electron chi connectivity index (χ3n) is 2.83.